The molecule has 0 amide bonds. The summed E-state index contributed by atoms with van der Waals surface area (Å²) >= 11 is 0. The predicted octanol–water partition coefficient (Wildman–Crippen LogP) is 1.57. The smallest absolute Gasteiger partial charge is 0.434 e. The van der Waals surface area contributed by atoms with Gasteiger partial charge in [-0.1, -0.05) is 13.8 Å². The third-order valence-corrected chi connectivity index (χ3v) is 1.75. The Labute approximate surface area is 60.3 Å². The van der Waals surface area contributed by atoms with Crippen LogP contribution in [-0.2, 0) is 9.47 Å². The van der Waals surface area contributed by atoms with Gasteiger partial charge in [0.25, 0.3) is 0 Å². The van der Waals surface area contributed by atoms with Gasteiger partial charge in [-0.15, -0.1) is 0 Å². The molecule has 0 aromatic rings. The molecule has 1 heterocycles. The molecule has 0 aliphatic carbocycles. The molecule has 3 heteroatoms. The third-order valence-electron chi connectivity index (χ3n) is 1.75. The van der Waals surface area contributed by atoms with Crippen LogP contribution in [-0.4, -0.2) is 18.9 Å². The first-order valence-corrected chi connectivity index (χ1v) is 3.57. The lowest BCUT2D eigenvalue weighted by atomic mass is 10.0. The van der Waals surface area contributed by atoms with E-state index in [1.54, 1.807) is 0 Å². The van der Waals surface area contributed by atoms with Gasteiger partial charge in [0.15, 0.2) is 0 Å². The van der Waals surface area contributed by atoms with Crippen LogP contribution in [0.3, 0.4) is 0 Å². The predicted molar refractivity (Wildman–Crippen MR) is 35.7 cm³/mol. The van der Waals surface area contributed by atoms with E-state index >= 15 is 0 Å². The maximum Gasteiger partial charge on any atom is 0.508 e. The monoisotopic (exact) mass is 144 g/mol. The Bertz CT molecular complexity index is 133. The number of rotatable bonds is 1. The van der Waals surface area contributed by atoms with Crippen molar-refractivity contribution in [1.29, 1.82) is 0 Å². The van der Waals surface area contributed by atoms with Crippen molar-refractivity contribution < 1.29 is 14.3 Å². The average Bonchev–Trinajstić information content (AvgIpc) is 1.94. The molecule has 58 valence electrons. The summed E-state index contributed by atoms with van der Waals surface area (Å²) < 4.78 is 9.55. The van der Waals surface area contributed by atoms with E-state index in [-0.39, 0.29) is 6.10 Å². The molecule has 10 heavy (non-hydrogen) atoms. The minimum Gasteiger partial charge on any atom is -0.434 e. The van der Waals surface area contributed by atoms with Crippen molar-refractivity contribution in [2.45, 2.75) is 26.4 Å². The van der Waals surface area contributed by atoms with Crippen molar-refractivity contribution in [3.05, 3.63) is 0 Å². The molecule has 0 bridgehead atoms. The van der Waals surface area contributed by atoms with Crippen LogP contribution in [0.25, 0.3) is 0 Å². The molecule has 1 saturated heterocycles. The van der Waals surface area contributed by atoms with E-state index in [1.807, 2.05) is 13.8 Å². The standard InChI is InChI=1S/C7H12O3/c1-3-6-5(2)4-9-7(8)10-6/h5-6H,3-4H2,1-2H3. The molecule has 2 unspecified atom stereocenters. The molecule has 0 aromatic heterocycles. The summed E-state index contributed by atoms with van der Waals surface area (Å²) in [5, 5.41) is 0. The lowest BCUT2D eigenvalue weighted by Crippen LogP contribution is -2.34. The summed E-state index contributed by atoms with van der Waals surface area (Å²) in [5.41, 5.74) is 0. The molecule has 3 nitrogen and oxygen atoms in total. The minimum atomic E-state index is -0.523. The van der Waals surface area contributed by atoms with Crippen LogP contribution >= 0.6 is 0 Å². The number of carbonyl (C=O) groups is 1. The SMILES string of the molecule is CCC1OC(=O)OCC1C. The second kappa shape index (κ2) is 2.90. The summed E-state index contributed by atoms with van der Waals surface area (Å²) in [7, 11) is 0. The third kappa shape index (κ3) is 1.40. The van der Waals surface area contributed by atoms with E-state index in [0.29, 0.717) is 12.5 Å². The normalized spacial score (nSPS) is 32.8. The van der Waals surface area contributed by atoms with E-state index < -0.39 is 6.16 Å². The van der Waals surface area contributed by atoms with Gasteiger partial charge in [0.2, 0.25) is 0 Å². The van der Waals surface area contributed by atoms with Crippen LogP contribution in [0, 0.1) is 5.92 Å². The van der Waals surface area contributed by atoms with E-state index in [1.165, 1.54) is 0 Å². The largest absolute Gasteiger partial charge is 0.508 e. The Balaban J connectivity index is 2.45. The second-order valence-corrected chi connectivity index (χ2v) is 2.60. The lowest BCUT2D eigenvalue weighted by Gasteiger charge is -2.26. The molecule has 1 aliphatic rings. The molecule has 0 N–H and O–H groups in total. The summed E-state index contributed by atoms with van der Waals surface area (Å²) in [6.45, 7) is 4.51. The van der Waals surface area contributed by atoms with E-state index in [4.69, 9.17) is 4.74 Å². The van der Waals surface area contributed by atoms with Gasteiger partial charge < -0.3 is 9.47 Å². The molecule has 0 spiro atoms. The van der Waals surface area contributed by atoms with Crippen LogP contribution in [0.15, 0.2) is 0 Å². The number of hydrogen-bond donors (Lipinski definition) is 0. The first-order valence-electron chi connectivity index (χ1n) is 3.57. The van der Waals surface area contributed by atoms with Gasteiger partial charge in [0, 0.05) is 5.92 Å². The van der Waals surface area contributed by atoms with Gasteiger partial charge in [-0.25, -0.2) is 4.79 Å². The maximum atomic E-state index is 10.5. The van der Waals surface area contributed by atoms with Gasteiger partial charge >= 0.3 is 6.16 Å². The number of carbonyl (C=O) groups excluding carboxylic acids is 1. The highest BCUT2D eigenvalue weighted by molar-refractivity contribution is 5.60. The summed E-state index contributed by atoms with van der Waals surface area (Å²) in [4.78, 5) is 10.5. The Morgan fingerprint density at radius 2 is 2.40 bits per heavy atom. The molecule has 1 rings (SSSR count). The highest BCUT2D eigenvalue weighted by atomic mass is 16.7. The summed E-state index contributed by atoms with van der Waals surface area (Å²) in [6.07, 6.45) is 0.405. The van der Waals surface area contributed by atoms with Crippen molar-refractivity contribution in [3.8, 4) is 0 Å². The topological polar surface area (TPSA) is 35.5 Å². The first-order chi connectivity index (χ1) is 4.74. The average molecular weight is 144 g/mol. The first kappa shape index (κ1) is 7.38. The van der Waals surface area contributed by atoms with Gasteiger partial charge in [-0.3, -0.25) is 0 Å². The lowest BCUT2D eigenvalue weighted by molar-refractivity contribution is -0.0545. The van der Waals surface area contributed by atoms with Crippen molar-refractivity contribution in [2.75, 3.05) is 6.61 Å². The molecule has 0 radical (unpaired) electrons. The quantitative estimate of drug-likeness (QED) is 0.524. The van der Waals surface area contributed by atoms with Crippen LogP contribution in [0.1, 0.15) is 20.3 Å². The zero-order chi connectivity index (χ0) is 7.56. The molecule has 0 saturated carbocycles. The molecule has 1 aliphatic heterocycles. The summed E-state index contributed by atoms with van der Waals surface area (Å²) in [6, 6.07) is 0. The zero-order valence-electron chi connectivity index (χ0n) is 6.29. The fourth-order valence-corrected chi connectivity index (χ4v) is 1.07. The van der Waals surface area contributed by atoms with Gasteiger partial charge in [-0.2, -0.15) is 0 Å². The zero-order valence-corrected chi connectivity index (χ0v) is 6.29. The van der Waals surface area contributed by atoms with E-state index in [9.17, 15) is 4.79 Å². The van der Waals surface area contributed by atoms with Gasteiger partial charge in [0.05, 0.1) is 0 Å². The van der Waals surface area contributed by atoms with Crippen molar-refractivity contribution >= 4 is 6.16 Å². The minimum absolute atomic E-state index is 0.0567. The fourth-order valence-electron chi connectivity index (χ4n) is 1.07. The van der Waals surface area contributed by atoms with E-state index in [0.717, 1.165) is 6.42 Å². The van der Waals surface area contributed by atoms with Crippen LogP contribution in [0.5, 0.6) is 0 Å². The molecule has 2 atom stereocenters. The molecule has 0 aromatic carbocycles. The Morgan fingerprint density at radius 3 is 2.90 bits per heavy atom. The number of cyclic esters (lactones) is 2. The van der Waals surface area contributed by atoms with Crippen molar-refractivity contribution in [3.63, 3.8) is 0 Å². The molecule has 1 fully saturated rings. The fraction of sp³-hybridized carbons (Fsp3) is 0.857. The Hall–Kier alpha value is -0.730. The summed E-state index contributed by atoms with van der Waals surface area (Å²) in [5.74, 6) is 0.336. The highest BCUT2D eigenvalue weighted by Crippen LogP contribution is 2.17. The Morgan fingerprint density at radius 1 is 1.70 bits per heavy atom. The molecular formula is C7H12O3. The van der Waals surface area contributed by atoms with Gasteiger partial charge in [-0.05, 0) is 6.42 Å². The second-order valence-electron chi connectivity index (χ2n) is 2.60. The Kier molecular flexibility index (Phi) is 2.14. The van der Waals surface area contributed by atoms with Crippen molar-refractivity contribution in [1.82, 2.24) is 0 Å². The number of ether oxygens (including phenoxy) is 2. The van der Waals surface area contributed by atoms with Crippen LogP contribution in [0.4, 0.5) is 4.79 Å². The highest BCUT2D eigenvalue weighted by Gasteiger charge is 2.26. The van der Waals surface area contributed by atoms with Crippen molar-refractivity contribution in [2.24, 2.45) is 5.92 Å². The maximum absolute atomic E-state index is 10.5. The molecular weight excluding hydrogens is 132 g/mol. The van der Waals surface area contributed by atoms with E-state index in [2.05, 4.69) is 4.74 Å². The van der Waals surface area contributed by atoms with Crippen LogP contribution < -0.4 is 0 Å². The van der Waals surface area contributed by atoms with Gasteiger partial charge in [0.1, 0.15) is 12.7 Å². The number of hydrogen-bond acceptors (Lipinski definition) is 3. The van der Waals surface area contributed by atoms with Crippen LogP contribution in [0.2, 0.25) is 0 Å².